The van der Waals surface area contributed by atoms with Crippen LogP contribution in [0.1, 0.15) is 16.7 Å². The van der Waals surface area contributed by atoms with Gasteiger partial charge in [-0.05, 0) is 25.1 Å². The summed E-state index contributed by atoms with van der Waals surface area (Å²) in [4.78, 5) is 15.0. The Kier molecular flexibility index (Phi) is 8.22. The molecule has 0 radical (unpaired) electrons. The summed E-state index contributed by atoms with van der Waals surface area (Å²) in [7, 11) is 3.39. The standard InChI is InChI=1S/C15H23NO4S/c1-12(11-20-3)16(8-9-19-2)10-14-5-4-13(21-14)6-7-15(17)18/h4-7,12H,8-11H2,1-3H3,(H,17,18). The second-order valence-electron chi connectivity index (χ2n) is 4.74. The monoisotopic (exact) mass is 313 g/mol. The van der Waals surface area contributed by atoms with Crippen LogP contribution in [0.25, 0.3) is 6.08 Å². The molecule has 6 heteroatoms. The Morgan fingerprint density at radius 1 is 1.43 bits per heavy atom. The Balaban J connectivity index is 2.67. The number of carbonyl (C=O) groups is 1. The van der Waals surface area contributed by atoms with Gasteiger partial charge in [-0.25, -0.2) is 4.79 Å². The Morgan fingerprint density at radius 3 is 2.81 bits per heavy atom. The lowest BCUT2D eigenvalue weighted by Gasteiger charge is -2.27. The lowest BCUT2D eigenvalue weighted by molar-refractivity contribution is -0.131. The lowest BCUT2D eigenvalue weighted by Crippen LogP contribution is -2.37. The smallest absolute Gasteiger partial charge is 0.328 e. The summed E-state index contributed by atoms with van der Waals surface area (Å²) in [5, 5.41) is 8.64. The first-order chi connectivity index (χ1) is 10.1. The molecule has 0 bridgehead atoms. The van der Waals surface area contributed by atoms with Crippen molar-refractivity contribution in [2.24, 2.45) is 0 Å². The van der Waals surface area contributed by atoms with E-state index in [4.69, 9.17) is 14.6 Å². The van der Waals surface area contributed by atoms with Crippen molar-refractivity contribution in [2.45, 2.75) is 19.5 Å². The van der Waals surface area contributed by atoms with E-state index in [-0.39, 0.29) is 0 Å². The molecule has 0 aliphatic carbocycles. The Morgan fingerprint density at radius 2 is 2.19 bits per heavy atom. The highest BCUT2D eigenvalue weighted by Gasteiger charge is 2.14. The molecule has 1 aromatic heterocycles. The summed E-state index contributed by atoms with van der Waals surface area (Å²) in [6.07, 6.45) is 2.78. The van der Waals surface area contributed by atoms with Gasteiger partial charge in [-0.1, -0.05) is 0 Å². The summed E-state index contributed by atoms with van der Waals surface area (Å²) in [5.74, 6) is -0.930. The van der Waals surface area contributed by atoms with Crippen LogP contribution in [0.3, 0.4) is 0 Å². The predicted molar refractivity (Wildman–Crippen MR) is 84.6 cm³/mol. The van der Waals surface area contributed by atoms with Crippen LogP contribution in [-0.4, -0.2) is 56.0 Å². The van der Waals surface area contributed by atoms with Gasteiger partial charge in [0.25, 0.3) is 0 Å². The molecule has 1 heterocycles. The third kappa shape index (κ3) is 6.86. The average Bonchev–Trinajstić information content (AvgIpc) is 2.89. The second kappa shape index (κ2) is 9.68. The van der Waals surface area contributed by atoms with Crippen molar-refractivity contribution in [1.82, 2.24) is 4.90 Å². The van der Waals surface area contributed by atoms with Crippen molar-refractivity contribution < 1.29 is 19.4 Å². The second-order valence-corrected chi connectivity index (χ2v) is 5.94. The molecular weight excluding hydrogens is 290 g/mol. The van der Waals surface area contributed by atoms with E-state index < -0.39 is 5.97 Å². The van der Waals surface area contributed by atoms with E-state index in [9.17, 15) is 4.79 Å². The van der Waals surface area contributed by atoms with Crippen molar-refractivity contribution >= 4 is 23.4 Å². The maximum atomic E-state index is 10.5. The number of hydrogen-bond acceptors (Lipinski definition) is 5. The van der Waals surface area contributed by atoms with E-state index in [0.29, 0.717) is 19.3 Å². The highest BCUT2D eigenvalue weighted by Crippen LogP contribution is 2.20. The molecule has 1 rings (SSSR count). The van der Waals surface area contributed by atoms with Crippen LogP contribution in [-0.2, 0) is 20.8 Å². The molecule has 0 saturated heterocycles. The quantitative estimate of drug-likeness (QED) is 0.672. The van der Waals surface area contributed by atoms with Gasteiger partial charge in [0.1, 0.15) is 0 Å². The maximum absolute atomic E-state index is 10.5. The lowest BCUT2D eigenvalue weighted by atomic mass is 10.2. The maximum Gasteiger partial charge on any atom is 0.328 e. The minimum atomic E-state index is -0.930. The fourth-order valence-corrected chi connectivity index (χ4v) is 2.87. The molecule has 0 amide bonds. The van der Waals surface area contributed by atoms with Gasteiger partial charge in [-0.15, -0.1) is 11.3 Å². The number of ether oxygens (including phenoxy) is 2. The van der Waals surface area contributed by atoms with Gasteiger partial charge >= 0.3 is 5.97 Å². The van der Waals surface area contributed by atoms with E-state index in [1.54, 1.807) is 31.6 Å². The molecule has 21 heavy (non-hydrogen) atoms. The largest absolute Gasteiger partial charge is 0.478 e. The van der Waals surface area contributed by atoms with Gasteiger partial charge < -0.3 is 14.6 Å². The van der Waals surface area contributed by atoms with Crippen LogP contribution in [0.2, 0.25) is 0 Å². The van der Waals surface area contributed by atoms with E-state index in [0.717, 1.165) is 24.0 Å². The normalized spacial score (nSPS) is 13.1. The van der Waals surface area contributed by atoms with Gasteiger partial charge in [-0.2, -0.15) is 0 Å². The zero-order chi connectivity index (χ0) is 15.7. The van der Waals surface area contributed by atoms with E-state index in [1.165, 1.54) is 4.88 Å². The van der Waals surface area contributed by atoms with Crippen LogP contribution >= 0.6 is 11.3 Å². The van der Waals surface area contributed by atoms with E-state index >= 15 is 0 Å². The fraction of sp³-hybridized carbons (Fsp3) is 0.533. The summed E-state index contributed by atoms with van der Waals surface area (Å²) in [5.41, 5.74) is 0. The van der Waals surface area contributed by atoms with Gasteiger partial charge in [0.15, 0.2) is 0 Å². The zero-order valence-electron chi connectivity index (χ0n) is 12.7. The molecular formula is C15H23NO4S. The average molecular weight is 313 g/mol. The van der Waals surface area contributed by atoms with Gasteiger partial charge in [0, 0.05) is 49.2 Å². The molecule has 1 N–H and O–H groups in total. The Bertz CT molecular complexity index is 458. The number of methoxy groups -OCH3 is 2. The van der Waals surface area contributed by atoms with Crippen molar-refractivity contribution in [1.29, 1.82) is 0 Å². The Labute approximate surface area is 129 Å². The van der Waals surface area contributed by atoms with Crippen molar-refractivity contribution in [3.8, 4) is 0 Å². The van der Waals surface area contributed by atoms with Crippen LogP contribution < -0.4 is 0 Å². The van der Waals surface area contributed by atoms with Gasteiger partial charge in [0.2, 0.25) is 0 Å². The Hall–Kier alpha value is -1.21. The van der Waals surface area contributed by atoms with Crippen molar-refractivity contribution in [3.05, 3.63) is 28.0 Å². The molecule has 1 atom stereocenters. The number of nitrogens with zero attached hydrogens (tertiary/aromatic N) is 1. The molecule has 0 spiro atoms. The minimum absolute atomic E-state index is 0.297. The SMILES string of the molecule is COCCN(Cc1ccc(C=CC(=O)O)s1)C(C)COC. The molecule has 1 aromatic rings. The molecule has 0 aliphatic rings. The molecule has 5 nitrogen and oxygen atoms in total. The van der Waals surface area contributed by atoms with Gasteiger partial charge in [0.05, 0.1) is 13.2 Å². The number of carboxylic acids is 1. The summed E-state index contributed by atoms with van der Waals surface area (Å²) < 4.78 is 10.4. The predicted octanol–water partition coefficient (Wildman–Crippen LogP) is 2.33. The number of aliphatic carboxylic acids is 1. The molecule has 0 saturated carbocycles. The van der Waals surface area contributed by atoms with Crippen LogP contribution in [0, 0.1) is 0 Å². The summed E-state index contributed by atoms with van der Waals surface area (Å²) in [6, 6.07) is 4.27. The molecule has 0 aromatic carbocycles. The van der Waals surface area contributed by atoms with Crippen molar-refractivity contribution in [2.75, 3.05) is 34.0 Å². The minimum Gasteiger partial charge on any atom is -0.478 e. The third-order valence-electron chi connectivity index (χ3n) is 3.05. The van der Waals surface area contributed by atoms with Crippen molar-refractivity contribution in [3.63, 3.8) is 0 Å². The first kappa shape index (κ1) is 17.8. The number of thiophene rings is 1. The number of carboxylic acid groups (broad SMARTS) is 1. The van der Waals surface area contributed by atoms with Crippen LogP contribution in [0.5, 0.6) is 0 Å². The first-order valence-corrected chi connectivity index (χ1v) is 7.60. The van der Waals surface area contributed by atoms with Crippen LogP contribution in [0.4, 0.5) is 0 Å². The number of hydrogen-bond donors (Lipinski definition) is 1. The highest BCUT2D eigenvalue weighted by atomic mass is 32.1. The fourth-order valence-electron chi connectivity index (χ4n) is 1.93. The molecule has 118 valence electrons. The zero-order valence-corrected chi connectivity index (χ0v) is 13.6. The summed E-state index contributed by atoms with van der Waals surface area (Å²) >= 11 is 1.60. The van der Waals surface area contributed by atoms with E-state index in [2.05, 4.69) is 11.8 Å². The van der Waals surface area contributed by atoms with Gasteiger partial charge in [-0.3, -0.25) is 4.90 Å². The third-order valence-corrected chi connectivity index (χ3v) is 4.08. The highest BCUT2D eigenvalue weighted by molar-refractivity contribution is 7.12. The first-order valence-electron chi connectivity index (χ1n) is 6.78. The molecule has 0 fully saturated rings. The summed E-state index contributed by atoms with van der Waals surface area (Å²) in [6.45, 7) is 5.10. The van der Waals surface area contributed by atoms with Crippen LogP contribution in [0.15, 0.2) is 18.2 Å². The molecule has 0 aliphatic heterocycles. The topological polar surface area (TPSA) is 59.0 Å². The molecule has 1 unspecified atom stereocenters. The number of rotatable bonds is 10. The van der Waals surface area contributed by atoms with E-state index in [1.807, 2.05) is 12.1 Å².